The van der Waals surface area contributed by atoms with Crippen LogP contribution >= 0.6 is 0 Å². The summed E-state index contributed by atoms with van der Waals surface area (Å²) in [6, 6.07) is 11.1. The fourth-order valence-corrected chi connectivity index (χ4v) is 2.41. The zero-order chi connectivity index (χ0) is 12.1. The van der Waals surface area contributed by atoms with E-state index < -0.39 is 0 Å². The van der Waals surface area contributed by atoms with Gasteiger partial charge in [-0.1, -0.05) is 18.2 Å². The van der Waals surface area contributed by atoms with Gasteiger partial charge in [0.1, 0.15) is 0 Å². The Hall–Kier alpha value is -1.06. The van der Waals surface area contributed by atoms with E-state index in [0.717, 1.165) is 13.1 Å². The minimum atomic E-state index is 0.673. The minimum absolute atomic E-state index is 0.673. The maximum Gasteiger partial charge on any atom is 0.0340 e. The van der Waals surface area contributed by atoms with Crippen molar-refractivity contribution < 1.29 is 0 Å². The van der Waals surface area contributed by atoms with E-state index in [-0.39, 0.29) is 0 Å². The van der Waals surface area contributed by atoms with Crippen LogP contribution in [0.25, 0.3) is 0 Å². The summed E-state index contributed by atoms with van der Waals surface area (Å²) in [6.45, 7) is 8.04. The third-order valence-electron chi connectivity index (χ3n) is 3.47. The Balaban J connectivity index is 1.72. The molecule has 1 atom stereocenters. The van der Waals surface area contributed by atoms with Crippen molar-refractivity contribution in [3.05, 3.63) is 30.3 Å². The van der Waals surface area contributed by atoms with Crippen LogP contribution < -0.4 is 5.32 Å². The van der Waals surface area contributed by atoms with Crippen LogP contribution in [0.2, 0.25) is 0 Å². The Morgan fingerprint density at radius 1 is 1.24 bits per heavy atom. The summed E-state index contributed by atoms with van der Waals surface area (Å²) in [5.74, 6) is 0. The molecule has 0 aromatic heterocycles. The van der Waals surface area contributed by atoms with Crippen molar-refractivity contribution in [2.75, 3.05) is 45.1 Å². The molecular weight excluding hydrogens is 210 g/mol. The molecule has 0 aliphatic carbocycles. The Morgan fingerprint density at radius 2 is 2.00 bits per heavy atom. The van der Waals surface area contributed by atoms with Gasteiger partial charge in [0.2, 0.25) is 0 Å². The van der Waals surface area contributed by atoms with Crippen molar-refractivity contribution in [3.8, 4) is 0 Å². The first-order chi connectivity index (χ1) is 8.25. The summed E-state index contributed by atoms with van der Waals surface area (Å²) in [5.41, 5.74) is 1.22. The van der Waals surface area contributed by atoms with Crippen molar-refractivity contribution in [2.24, 2.45) is 0 Å². The third-order valence-corrected chi connectivity index (χ3v) is 3.47. The second-order valence-corrected chi connectivity index (χ2v) is 4.94. The standard InChI is InChI=1S/C14H23N3/c1-13-12-16(2)10-11-17(13)9-8-15-14-6-4-3-5-7-14/h3-7,13,15H,8-12H2,1-2H3. The largest absolute Gasteiger partial charge is 0.384 e. The van der Waals surface area contributed by atoms with Gasteiger partial charge in [0.15, 0.2) is 0 Å². The van der Waals surface area contributed by atoms with Crippen LogP contribution in [0.5, 0.6) is 0 Å². The number of nitrogens with zero attached hydrogens (tertiary/aromatic N) is 2. The first-order valence-corrected chi connectivity index (χ1v) is 6.47. The molecular formula is C14H23N3. The highest BCUT2D eigenvalue weighted by molar-refractivity contribution is 5.42. The molecule has 1 aliphatic rings. The van der Waals surface area contributed by atoms with Gasteiger partial charge in [0.05, 0.1) is 0 Å². The van der Waals surface area contributed by atoms with Gasteiger partial charge in [0, 0.05) is 44.5 Å². The highest BCUT2D eigenvalue weighted by Gasteiger charge is 2.20. The summed E-state index contributed by atoms with van der Waals surface area (Å²) >= 11 is 0. The maximum absolute atomic E-state index is 3.47. The van der Waals surface area contributed by atoms with Crippen LogP contribution in [0, 0.1) is 0 Å². The van der Waals surface area contributed by atoms with E-state index in [2.05, 4.69) is 53.4 Å². The molecule has 3 nitrogen and oxygen atoms in total. The number of hydrogen-bond acceptors (Lipinski definition) is 3. The number of benzene rings is 1. The first-order valence-electron chi connectivity index (χ1n) is 6.47. The molecule has 1 N–H and O–H groups in total. The molecule has 1 saturated heterocycles. The molecule has 0 radical (unpaired) electrons. The van der Waals surface area contributed by atoms with Gasteiger partial charge in [-0.2, -0.15) is 0 Å². The van der Waals surface area contributed by atoms with Gasteiger partial charge in [-0.15, -0.1) is 0 Å². The molecule has 0 spiro atoms. The Kier molecular flexibility index (Phi) is 4.40. The molecule has 17 heavy (non-hydrogen) atoms. The summed E-state index contributed by atoms with van der Waals surface area (Å²) in [7, 11) is 2.20. The first kappa shape index (κ1) is 12.4. The maximum atomic E-state index is 3.47. The van der Waals surface area contributed by atoms with Crippen LogP contribution in [0.15, 0.2) is 30.3 Å². The molecule has 0 bridgehead atoms. The second-order valence-electron chi connectivity index (χ2n) is 4.94. The van der Waals surface area contributed by atoms with E-state index in [1.807, 2.05) is 6.07 Å². The zero-order valence-corrected chi connectivity index (χ0v) is 10.9. The van der Waals surface area contributed by atoms with Crippen molar-refractivity contribution in [3.63, 3.8) is 0 Å². The zero-order valence-electron chi connectivity index (χ0n) is 10.9. The van der Waals surface area contributed by atoms with Crippen molar-refractivity contribution in [2.45, 2.75) is 13.0 Å². The summed E-state index contributed by atoms with van der Waals surface area (Å²) in [6.07, 6.45) is 0. The minimum Gasteiger partial charge on any atom is -0.384 e. The van der Waals surface area contributed by atoms with Gasteiger partial charge < -0.3 is 10.2 Å². The molecule has 1 heterocycles. The van der Waals surface area contributed by atoms with Crippen LogP contribution in [0.1, 0.15) is 6.92 Å². The normalized spacial score (nSPS) is 22.6. The van der Waals surface area contributed by atoms with Crippen molar-refractivity contribution in [1.82, 2.24) is 9.80 Å². The quantitative estimate of drug-likeness (QED) is 0.854. The average Bonchev–Trinajstić information content (AvgIpc) is 2.33. The molecule has 0 amide bonds. The second kappa shape index (κ2) is 6.03. The van der Waals surface area contributed by atoms with Crippen molar-refractivity contribution in [1.29, 1.82) is 0 Å². The van der Waals surface area contributed by atoms with E-state index in [4.69, 9.17) is 0 Å². The summed E-state index contributed by atoms with van der Waals surface area (Å²) in [4.78, 5) is 4.97. The van der Waals surface area contributed by atoms with Gasteiger partial charge in [-0.25, -0.2) is 0 Å². The van der Waals surface area contributed by atoms with Crippen LogP contribution in [0.4, 0.5) is 5.69 Å². The third kappa shape index (κ3) is 3.72. The molecule has 2 rings (SSSR count). The molecule has 1 aromatic carbocycles. The lowest BCUT2D eigenvalue weighted by Gasteiger charge is -2.38. The molecule has 0 saturated carbocycles. The van der Waals surface area contributed by atoms with Crippen molar-refractivity contribution >= 4 is 5.69 Å². The van der Waals surface area contributed by atoms with Crippen LogP contribution in [0.3, 0.4) is 0 Å². The number of rotatable bonds is 4. The van der Waals surface area contributed by atoms with Gasteiger partial charge in [0.25, 0.3) is 0 Å². The van der Waals surface area contributed by atoms with E-state index in [1.165, 1.54) is 25.3 Å². The molecule has 94 valence electrons. The molecule has 1 unspecified atom stereocenters. The summed E-state index contributed by atoms with van der Waals surface area (Å²) in [5, 5.41) is 3.47. The monoisotopic (exact) mass is 233 g/mol. The predicted octanol–water partition coefficient (Wildman–Crippen LogP) is 1.73. The van der Waals surface area contributed by atoms with E-state index in [1.54, 1.807) is 0 Å². The highest BCUT2D eigenvalue weighted by atomic mass is 15.3. The molecule has 1 fully saturated rings. The Bertz CT molecular complexity index is 325. The lowest BCUT2D eigenvalue weighted by molar-refractivity contribution is 0.104. The van der Waals surface area contributed by atoms with Gasteiger partial charge in [-0.05, 0) is 26.1 Å². The number of nitrogens with one attached hydrogen (secondary N) is 1. The molecule has 1 aliphatic heterocycles. The summed E-state index contributed by atoms with van der Waals surface area (Å²) < 4.78 is 0. The van der Waals surface area contributed by atoms with Gasteiger partial charge >= 0.3 is 0 Å². The lowest BCUT2D eigenvalue weighted by Crippen LogP contribution is -2.51. The molecule has 1 aromatic rings. The van der Waals surface area contributed by atoms with Gasteiger partial charge in [-0.3, -0.25) is 4.90 Å². The number of piperazine rings is 1. The fourth-order valence-electron chi connectivity index (χ4n) is 2.41. The smallest absolute Gasteiger partial charge is 0.0340 e. The lowest BCUT2D eigenvalue weighted by atomic mass is 10.2. The number of hydrogen-bond donors (Lipinski definition) is 1. The Morgan fingerprint density at radius 3 is 2.71 bits per heavy atom. The number of para-hydroxylation sites is 1. The number of likely N-dealkylation sites (N-methyl/N-ethyl adjacent to an activating group) is 1. The van der Waals surface area contributed by atoms with E-state index >= 15 is 0 Å². The van der Waals surface area contributed by atoms with E-state index in [9.17, 15) is 0 Å². The highest BCUT2D eigenvalue weighted by Crippen LogP contribution is 2.08. The Labute approximate surface area is 104 Å². The molecule has 3 heteroatoms. The van der Waals surface area contributed by atoms with E-state index in [0.29, 0.717) is 6.04 Å². The SMILES string of the molecule is CC1CN(C)CCN1CCNc1ccccc1. The topological polar surface area (TPSA) is 18.5 Å². The van der Waals surface area contributed by atoms with Crippen LogP contribution in [-0.4, -0.2) is 55.6 Å². The predicted molar refractivity (Wildman–Crippen MR) is 73.5 cm³/mol. The fraction of sp³-hybridized carbons (Fsp3) is 0.571. The van der Waals surface area contributed by atoms with Crippen LogP contribution in [-0.2, 0) is 0 Å². The number of anilines is 1. The average molecular weight is 233 g/mol.